The molecule has 0 aromatic rings. The van der Waals surface area contributed by atoms with Crippen molar-refractivity contribution in [1.29, 1.82) is 0 Å². The molecule has 0 unspecified atom stereocenters. The summed E-state index contributed by atoms with van der Waals surface area (Å²) >= 11 is 0. The number of carbonyl (C=O) groups is 2. The molecule has 0 aromatic carbocycles. The lowest BCUT2D eigenvalue weighted by Gasteiger charge is -2.15. The monoisotopic (exact) mass is 526 g/mol. The van der Waals surface area contributed by atoms with Crippen LogP contribution in [0, 0.1) is 11.8 Å². The van der Waals surface area contributed by atoms with Gasteiger partial charge in [-0.2, -0.15) is 0 Å². The van der Waals surface area contributed by atoms with Gasteiger partial charge in [0, 0.05) is 12.8 Å². The number of carbonyl (C=O) groups excluding carboxylic acids is 2. The van der Waals surface area contributed by atoms with E-state index in [4.69, 9.17) is 9.47 Å². The van der Waals surface area contributed by atoms with Crippen LogP contribution in [0.15, 0.2) is 0 Å². The molecule has 0 saturated carbocycles. The Morgan fingerprint density at radius 1 is 0.541 bits per heavy atom. The zero-order valence-electron chi connectivity index (χ0n) is 25.1. The van der Waals surface area contributed by atoms with Crippen LogP contribution in [0.5, 0.6) is 0 Å². The van der Waals surface area contributed by atoms with Gasteiger partial charge >= 0.3 is 11.9 Å². The number of hydrogen-bond donors (Lipinski definition) is 1. The van der Waals surface area contributed by atoms with E-state index in [1.54, 1.807) is 0 Å². The minimum absolute atomic E-state index is 0.0615. The highest BCUT2D eigenvalue weighted by molar-refractivity contribution is 5.70. The van der Waals surface area contributed by atoms with Gasteiger partial charge in [-0.05, 0) is 24.7 Å². The minimum Gasteiger partial charge on any atom is -0.462 e. The first kappa shape index (κ1) is 35.9. The quantitative estimate of drug-likeness (QED) is 0.0854. The second kappa shape index (κ2) is 26.5. The molecule has 1 atom stereocenters. The van der Waals surface area contributed by atoms with Gasteiger partial charge in [0.05, 0.1) is 6.61 Å². The summed E-state index contributed by atoms with van der Waals surface area (Å²) in [5.74, 6) is 1.02. The summed E-state index contributed by atoms with van der Waals surface area (Å²) in [5, 5.41) is 9.46. The molecule has 220 valence electrons. The van der Waals surface area contributed by atoms with Crippen molar-refractivity contribution >= 4 is 11.9 Å². The van der Waals surface area contributed by atoms with Gasteiger partial charge in [0.1, 0.15) is 6.61 Å². The van der Waals surface area contributed by atoms with Crippen LogP contribution in [-0.2, 0) is 19.1 Å². The third-order valence-corrected chi connectivity index (χ3v) is 7.01. The highest BCUT2D eigenvalue weighted by Crippen LogP contribution is 2.15. The Balaban J connectivity index is 3.57. The fraction of sp³-hybridized carbons (Fsp3) is 0.938. The van der Waals surface area contributed by atoms with Crippen molar-refractivity contribution < 1.29 is 24.2 Å². The number of aliphatic hydroxyl groups is 1. The molecule has 0 aromatic heterocycles. The Hall–Kier alpha value is -1.10. The summed E-state index contributed by atoms with van der Waals surface area (Å²) in [6.07, 6.45) is 23.1. The van der Waals surface area contributed by atoms with Crippen LogP contribution in [0.3, 0.4) is 0 Å². The summed E-state index contributed by atoms with van der Waals surface area (Å²) in [7, 11) is 0. The average molecular weight is 527 g/mol. The lowest BCUT2D eigenvalue weighted by Crippen LogP contribution is -2.28. The van der Waals surface area contributed by atoms with Gasteiger partial charge in [-0.25, -0.2) is 0 Å². The lowest BCUT2D eigenvalue weighted by molar-refractivity contribution is -0.161. The number of rotatable bonds is 27. The Kier molecular flexibility index (Phi) is 25.7. The number of unbranched alkanes of at least 4 members (excludes halogenated alkanes) is 15. The van der Waals surface area contributed by atoms with E-state index in [1.807, 2.05) is 0 Å². The van der Waals surface area contributed by atoms with Gasteiger partial charge in [0.25, 0.3) is 0 Å². The molecule has 5 heteroatoms. The van der Waals surface area contributed by atoms with Gasteiger partial charge in [-0.1, -0.05) is 137 Å². The molecule has 5 nitrogen and oxygen atoms in total. The number of aliphatic hydroxyl groups excluding tert-OH is 1. The lowest BCUT2D eigenvalue weighted by atomic mass is 10.0. The van der Waals surface area contributed by atoms with Crippen molar-refractivity contribution in [2.24, 2.45) is 11.8 Å². The fourth-order valence-corrected chi connectivity index (χ4v) is 4.57. The Labute approximate surface area is 229 Å². The number of hydrogen-bond acceptors (Lipinski definition) is 5. The third kappa shape index (κ3) is 27.7. The molecule has 0 aliphatic carbocycles. The molecule has 0 fully saturated rings. The second-order valence-electron chi connectivity index (χ2n) is 11.9. The van der Waals surface area contributed by atoms with E-state index < -0.39 is 6.10 Å². The normalized spacial score (nSPS) is 12.3. The smallest absolute Gasteiger partial charge is 0.306 e. The standard InChI is InChI=1S/C32H62O5/c1-28(2)22-18-14-10-8-6-5-7-9-11-17-21-25-32(35)37-30(26-33)27-36-31(34)24-20-16-13-12-15-19-23-29(3)4/h28-30,33H,5-27H2,1-4H3/t30-/m0/s1. The third-order valence-electron chi connectivity index (χ3n) is 7.01. The predicted octanol–water partition coefficient (Wildman–Crippen LogP) is 8.94. The molecule has 0 bridgehead atoms. The van der Waals surface area contributed by atoms with Crippen LogP contribution < -0.4 is 0 Å². The maximum atomic E-state index is 12.1. The van der Waals surface area contributed by atoms with Crippen LogP contribution in [0.2, 0.25) is 0 Å². The second-order valence-corrected chi connectivity index (χ2v) is 11.9. The fourth-order valence-electron chi connectivity index (χ4n) is 4.57. The van der Waals surface area contributed by atoms with Gasteiger partial charge in [0.15, 0.2) is 6.10 Å². The summed E-state index contributed by atoms with van der Waals surface area (Å²) in [5.41, 5.74) is 0. The summed E-state index contributed by atoms with van der Waals surface area (Å²) in [4.78, 5) is 24.0. The maximum Gasteiger partial charge on any atom is 0.306 e. The first-order chi connectivity index (χ1) is 17.8. The minimum atomic E-state index is -0.761. The highest BCUT2D eigenvalue weighted by Gasteiger charge is 2.16. The summed E-state index contributed by atoms with van der Waals surface area (Å²) < 4.78 is 10.5. The molecule has 0 radical (unpaired) electrons. The zero-order chi connectivity index (χ0) is 27.6. The van der Waals surface area contributed by atoms with E-state index >= 15 is 0 Å². The van der Waals surface area contributed by atoms with E-state index in [0.29, 0.717) is 12.8 Å². The molecule has 0 aliphatic heterocycles. The molecule has 0 aliphatic rings. The van der Waals surface area contributed by atoms with Gasteiger partial charge in [-0.3, -0.25) is 9.59 Å². The molecule has 0 rings (SSSR count). The number of ether oxygens (including phenoxy) is 2. The van der Waals surface area contributed by atoms with Crippen molar-refractivity contribution in [3.05, 3.63) is 0 Å². The van der Waals surface area contributed by atoms with Gasteiger partial charge in [-0.15, -0.1) is 0 Å². The molecule has 0 spiro atoms. The van der Waals surface area contributed by atoms with Crippen LogP contribution in [-0.4, -0.2) is 36.4 Å². The highest BCUT2D eigenvalue weighted by atomic mass is 16.6. The van der Waals surface area contributed by atoms with Crippen LogP contribution in [0.4, 0.5) is 0 Å². The Bertz CT molecular complexity index is 517. The van der Waals surface area contributed by atoms with Crippen LogP contribution >= 0.6 is 0 Å². The van der Waals surface area contributed by atoms with Crippen molar-refractivity contribution in [2.45, 2.75) is 169 Å². The SMILES string of the molecule is CC(C)CCCCCCCCCCCCCC(=O)O[C@@H](CO)COC(=O)CCCCCCCCC(C)C. The molecule has 0 saturated heterocycles. The first-order valence-corrected chi connectivity index (χ1v) is 15.8. The first-order valence-electron chi connectivity index (χ1n) is 15.8. The zero-order valence-corrected chi connectivity index (χ0v) is 25.1. The molecule has 1 N–H and O–H groups in total. The van der Waals surface area contributed by atoms with Crippen molar-refractivity contribution in [2.75, 3.05) is 13.2 Å². The van der Waals surface area contributed by atoms with E-state index in [0.717, 1.165) is 50.4 Å². The van der Waals surface area contributed by atoms with Gasteiger partial charge in [0.2, 0.25) is 0 Å². The van der Waals surface area contributed by atoms with Crippen molar-refractivity contribution in [3.8, 4) is 0 Å². The van der Waals surface area contributed by atoms with E-state index in [1.165, 1.54) is 83.5 Å². The van der Waals surface area contributed by atoms with Crippen LogP contribution in [0.25, 0.3) is 0 Å². The molecule has 0 heterocycles. The van der Waals surface area contributed by atoms with Crippen molar-refractivity contribution in [3.63, 3.8) is 0 Å². The topological polar surface area (TPSA) is 72.8 Å². The van der Waals surface area contributed by atoms with Crippen LogP contribution in [0.1, 0.15) is 163 Å². The Morgan fingerprint density at radius 2 is 0.892 bits per heavy atom. The average Bonchev–Trinajstić information content (AvgIpc) is 2.85. The number of esters is 2. The molecular weight excluding hydrogens is 464 g/mol. The van der Waals surface area contributed by atoms with E-state index in [9.17, 15) is 14.7 Å². The summed E-state index contributed by atoms with van der Waals surface area (Å²) in [6.45, 7) is 8.73. The molecule has 0 amide bonds. The van der Waals surface area contributed by atoms with E-state index in [2.05, 4.69) is 27.7 Å². The largest absolute Gasteiger partial charge is 0.462 e. The van der Waals surface area contributed by atoms with Crippen molar-refractivity contribution in [1.82, 2.24) is 0 Å². The molecule has 37 heavy (non-hydrogen) atoms. The van der Waals surface area contributed by atoms with E-state index in [-0.39, 0.29) is 25.2 Å². The predicted molar refractivity (Wildman–Crippen MR) is 155 cm³/mol. The maximum absolute atomic E-state index is 12.1. The summed E-state index contributed by atoms with van der Waals surface area (Å²) in [6, 6.07) is 0. The Morgan fingerprint density at radius 3 is 1.27 bits per heavy atom. The molecular formula is C32H62O5. The van der Waals surface area contributed by atoms with Gasteiger partial charge < -0.3 is 14.6 Å².